The summed E-state index contributed by atoms with van der Waals surface area (Å²) in [7, 11) is 0. The van der Waals surface area contributed by atoms with Crippen molar-refractivity contribution in [2.75, 3.05) is 18.2 Å². The van der Waals surface area contributed by atoms with E-state index in [0.29, 0.717) is 24.6 Å². The second-order valence-corrected chi connectivity index (χ2v) is 7.74. The molecule has 0 unspecified atom stereocenters. The smallest absolute Gasteiger partial charge is 0.244 e. The van der Waals surface area contributed by atoms with E-state index in [1.165, 1.54) is 0 Å². The minimum Gasteiger partial charge on any atom is -0.355 e. The zero-order valence-electron chi connectivity index (χ0n) is 14.1. The van der Waals surface area contributed by atoms with E-state index in [1.807, 2.05) is 27.7 Å². The van der Waals surface area contributed by atoms with Crippen LogP contribution in [0.3, 0.4) is 0 Å². The lowest BCUT2D eigenvalue weighted by Crippen LogP contribution is -2.53. The van der Waals surface area contributed by atoms with Crippen molar-refractivity contribution in [3.8, 4) is 0 Å². The highest BCUT2D eigenvalue weighted by molar-refractivity contribution is 7.99. The van der Waals surface area contributed by atoms with Crippen LogP contribution in [0.2, 0.25) is 0 Å². The molecule has 6 nitrogen and oxygen atoms in total. The first-order valence-corrected chi connectivity index (χ1v) is 8.76. The predicted octanol–water partition coefficient (Wildman–Crippen LogP) is 0.965. The molecule has 0 bridgehead atoms. The highest BCUT2D eigenvalue weighted by Gasteiger charge is 2.36. The fourth-order valence-corrected chi connectivity index (χ4v) is 3.34. The molecule has 3 amide bonds. The maximum absolute atomic E-state index is 12.4. The Bertz CT molecular complexity index is 434. The van der Waals surface area contributed by atoms with Crippen molar-refractivity contribution in [2.45, 2.75) is 53.1 Å². The Hall–Kier alpha value is -1.24. The Labute approximate surface area is 136 Å². The molecule has 0 radical (unpaired) electrons. The van der Waals surface area contributed by atoms with Gasteiger partial charge in [0.2, 0.25) is 17.7 Å². The number of hydrogen-bond acceptors (Lipinski definition) is 4. The van der Waals surface area contributed by atoms with Crippen molar-refractivity contribution in [2.24, 2.45) is 5.41 Å². The first-order valence-electron chi connectivity index (χ1n) is 7.61. The molecule has 1 aliphatic rings. The van der Waals surface area contributed by atoms with Crippen molar-refractivity contribution in [1.29, 1.82) is 0 Å². The van der Waals surface area contributed by atoms with Gasteiger partial charge in [-0.3, -0.25) is 14.4 Å². The molecule has 0 saturated carbocycles. The number of carbonyl (C=O) groups is 3. The predicted molar refractivity (Wildman–Crippen MR) is 88.3 cm³/mol. The summed E-state index contributed by atoms with van der Waals surface area (Å²) in [6.07, 6.45) is 0.406. The SMILES string of the molecule is CCNC(=O)[C@@H](C)NC(=O)[C@H]1CSCN1C(=O)CC(C)(C)C. The molecule has 0 aromatic heterocycles. The molecule has 22 heavy (non-hydrogen) atoms. The third-order valence-electron chi connectivity index (χ3n) is 3.29. The molecule has 7 heteroatoms. The van der Waals surface area contributed by atoms with Crippen LogP contribution in [0.25, 0.3) is 0 Å². The molecule has 0 aromatic carbocycles. The summed E-state index contributed by atoms with van der Waals surface area (Å²) in [5.41, 5.74) is -0.111. The van der Waals surface area contributed by atoms with Crippen LogP contribution < -0.4 is 10.6 Å². The van der Waals surface area contributed by atoms with Gasteiger partial charge in [-0.15, -0.1) is 11.8 Å². The molecule has 0 spiro atoms. The maximum Gasteiger partial charge on any atom is 0.244 e. The summed E-state index contributed by atoms with van der Waals surface area (Å²) >= 11 is 1.56. The van der Waals surface area contributed by atoms with Gasteiger partial charge in [0.25, 0.3) is 0 Å². The molecule has 2 N–H and O–H groups in total. The highest BCUT2D eigenvalue weighted by Crippen LogP contribution is 2.26. The third kappa shape index (κ3) is 5.51. The zero-order valence-corrected chi connectivity index (χ0v) is 14.9. The van der Waals surface area contributed by atoms with E-state index in [0.717, 1.165) is 0 Å². The number of carbonyl (C=O) groups excluding carboxylic acids is 3. The normalized spacial score (nSPS) is 19.7. The van der Waals surface area contributed by atoms with Gasteiger partial charge in [0, 0.05) is 18.7 Å². The summed E-state index contributed by atoms with van der Waals surface area (Å²) in [4.78, 5) is 38.0. The highest BCUT2D eigenvalue weighted by atomic mass is 32.2. The molecule has 1 aliphatic heterocycles. The van der Waals surface area contributed by atoms with Crippen LogP contribution in [-0.2, 0) is 14.4 Å². The standard InChI is InChI=1S/C15H27N3O3S/c1-6-16-13(20)10(2)17-14(21)11-8-22-9-18(11)12(19)7-15(3,4)5/h10-11H,6-9H2,1-5H3,(H,16,20)(H,17,21)/t10-,11-/m1/s1. The van der Waals surface area contributed by atoms with Gasteiger partial charge in [-0.05, 0) is 19.3 Å². The van der Waals surface area contributed by atoms with E-state index in [-0.39, 0.29) is 23.1 Å². The van der Waals surface area contributed by atoms with Crippen molar-refractivity contribution >= 4 is 29.5 Å². The van der Waals surface area contributed by atoms with Crippen LogP contribution in [0, 0.1) is 5.41 Å². The number of rotatable bonds is 5. The third-order valence-corrected chi connectivity index (χ3v) is 4.30. The molecular formula is C15H27N3O3S. The molecule has 1 rings (SSSR count). The van der Waals surface area contributed by atoms with Gasteiger partial charge in [0.1, 0.15) is 12.1 Å². The molecule has 2 atom stereocenters. The number of hydrogen-bond donors (Lipinski definition) is 2. The van der Waals surface area contributed by atoms with E-state index in [1.54, 1.807) is 23.6 Å². The van der Waals surface area contributed by atoms with Gasteiger partial charge in [-0.25, -0.2) is 0 Å². The number of likely N-dealkylation sites (N-methyl/N-ethyl adjacent to an activating group) is 1. The topological polar surface area (TPSA) is 78.5 Å². The van der Waals surface area contributed by atoms with Crippen molar-refractivity contribution in [3.05, 3.63) is 0 Å². The lowest BCUT2D eigenvalue weighted by molar-refractivity contribution is -0.140. The molecule has 0 aliphatic carbocycles. The Kier molecular flexibility index (Phi) is 6.71. The van der Waals surface area contributed by atoms with E-state index in [9.17, 15) is 14.4 Å². The Morgan fingerprint density at radius 1 is 1.32 bits per heavy atom. The second kappa shape index (κ2) is 7.85. The van der Waals surface area contributed by atoms with Crippen LogP contribution in [0.1, 0.15) is 41.0 Å². The Morgan fingerprint density at radius 2 is 1.95 bits per heavy atom. The molecule has 126 valence electrons. The van der Waals surface area contributed by atoms with Gasteiger partial charge in [0.15, 0.2) is 0 Å². The summed E-state index contributed by atoms with van der Waals surface area (Å²) in [5.74, 6) is 0.621. The van der Waals surface area contributed by atoms with E-state index >= 15 is 0 Å². The minimum absolute atomic E-state index is 0.0108. The van der Waals surface area contributed by atoms with E-state index < -0.39 is 12.1 Å². The Morgan fingerprint density at radius 3 is 2.50 bits per heavy atom. The fraction of sp³-hybridized carbons (Fsp3) is 0.800. The number of nitrogens with zero attached hydrogens (tertiary/aromatic N) is 1. The first kappa shape index (κ1) is 18.8. The summed E-state index contributed by atoms with van der Waals surface area (Å²) < 4.78 is 0. The largest absolute Gasteiger partial charge is 0.355 e. The molecule has 1 fully saturated rings. The monoisotopic (exact) mass is 329 g/mol. The average Bonchev–Trinajstić information content (AvgIpc) is 2.86. The molecule has 1 saturated heterocycles. The lowest BCUT2D eigenvalue weighted by atomic mass is 9.91. The number of amides is 3. The average molecular weight is 329 g/mol. The van der Waals surface area contributed by atoms with Crippen LogP contribution in [-0.4, -0.2) is 52.9 Å². The van der Waals surface area contributed by atoms with Crippen LogP contribution in [0.5, 0.6) is 0 Å². The van der Waals surface area contributed by atoms with E-state index in [2.05, 4.69) is 10.6 Å². The summed E-state index contributed by atoms with van der Waals surface area (Å²) in [6.45, 7) is 9.99. The lowest BCUT2D eigenvalue weighted by Gasteiger charge is -2.27. The maximum atomic E-state index is 12.4. The number of nitrogens with one attached hydrogen (secondary N) is 2. The van der Waals surface area contributed by atoms with Gasteiger partial charge < -0.3 is 15.5 Å². The van der Waals surface area contributed by atoms with Crippen LogP contribution in [0.4, 0.5) is 0 Å². The van der Waals surface area contributed by atoms with Gasteiger partial charge in [0.05, 0.1) is 5.88 Å². The van der Waals surface area contributed by atoms with Gasteiger partial charge in [-0.1, -0.05) is 20.8 Å². The summed E-state index contributed by atoms with van der Waals surface area (Å²) in [6, 6.07) is -1.09. The van der Waals surface area contributed by atoms with Crippen LogP contribution >= 0.6 is 11.8 Å². The molecule has 0 aromatic rings. The summed E-state index contributed by atoms with van der Waals surface area (Å²) in [5, 5.41) is 5.36. The fourth-order valence-electron chi connectivity index (χ4n) is 2.16. The first-order chi connectivity index (χ1) is 10.2. The van der Waals surface area contributed by atoms with Gasteiger partial charge in [-0.2, -0.15) is 0 Å². The second-order valence-electron chi connectivity index (χ2n) is 6.74. The molecular weight excluding hydrogens is 302 g/mol. The van der Waals surface area contributed by atoms with E-state index in [4.69, 9.17) is 0 Å². The van der Waals surface area contributed by atoms with Crippen molar-refractivity contribution in [3.63, 3.8) is 0 Å². The van der Waals surface area contributed by atoms with Crippen molar-refractivity contribution < 1.29 is 14.4 Å². The molecule has 1 heterocycles. The van der Waals surface area contributed by atoms with Crippen molar-refractivity contribution in [1.82, 2.24) is 15.5 Å². The minimum atomic E-state index is -0.599. The number of thioether (sulfide) groups is 1. The zero-order chi connectivity index (χ0) is 16.9. The van der Waals surface area contributed by atoms with Gasteiger partial charge >= 0.3 is 0 Å². The quantitative estimate of drug-likeness (QED) is 0.788. The Balaban J connectivity index is 2.64. The van der Waals surface area contributed by atoms with Crippen LogP contribution in [0.15, 0.2) is 0 Å².